The van der Waals surface area contributed by atoms with E-state index < -0.39 is 0 Å². The highest BCUT2D eigenvalue weighted by atomic mass is 32.2. The maximum absolute atomic E-state index is 13.6. The van der Waals surface area contributed by atoms with Crippen LogP contribution in [0.2, 0.25) is 0 Å². The molecule has 0 aliphatic rings. The van der Waals surface area contributed by atoms with Crippen molar-refractivity contribution in [2.45, 2.75) is 31.2 Å². The summed E-state index contributed by atoms with van der Waals surface area (Å²) >= 11 is 2.95. The molecule has 2 aromatic heterocycles. The van der Waals surface area contributed by atoms with E-state index >= 15 is 0 Å². The van der Waals surface area contributed by atoms with Gasteiger partial charge in [-0.3, -0.25) is 14.3 Å². The first-order valence-corrected chi connectivity index (χ1v) is 11.7. The van der Waals surface area contributed by atoms with Crippen molar-refractivity contribution >= 4 is 39.8 Å². The van der Waals surface area contributed by atoms with Gasteiger partial charge in [-0.2, -0.15) is 0 Å². The van der Waals surface area contributed by atoms with Crippen LogP contribution in [0.15, 0.2) is 71.5 Å². The number of imidazole rings is 1. The number of hydrogen-bond acceptors (Lipinski definition) is 5. The zero-order valence-electron chi connectivity index (χ0n) is 17.2. The third-order valence-corrected chi connectivity index (χ3v) is 6.57. The minimum Gasteiger partial charge on any atom is -0.295 e. The lowest BCUT2D eigenvalue weighted by Gasteiger charge is -2.18. The van der Waals surface area contributed by atoms with Gasteiger partial charge in [-0.15, -0.1) is 11.3 Å². The van der Waals surface area contributed by atoms with Crippen LogP contribution in [0.25, 0.3) is 5.69 Å². The molecular weight excluding hydrogens is 431 g/mol. The first-order valence-electron chi connectivity index (χ1n) is 9.81. The zero-order chi connectivity index (χ0) is 21.8. The standard InChI is InChI=1S/C23H21FN4OS2/c1-3-17-7-9-20(10-8-17)28(16(2)29)23-26-19(15-31-23)14-30-22-25-11-12-27(22)21-6-4-5-18(24)13-21/h4-13,15H,3,14H2,1-2H3. The first kappa shape index (κ1) is 21.3. The Morgan fingerprint density at radius 3 is 2.74 bits per heavy atom. The Morgan fingerprint density at radius 1 is 1.23 bits per heavy atom. The van der Waals surface area contributed by atoms with Crippen molar-refractivity contribution in [3.8, 4) is 5.69 Å². The third kappa shape index (κ3) is 4.86. The van der Waals surface area contributed by atoms with Gasteiger partial charge < -0.3 is 0 Å². The van der Waals surface area contributed by atoms with E-state index in [0.717, 1.165) is 28.6 Å². The van der Waals surface area contributed by atoms with Gasteiger partial charge >= 0.3 is 0 Å². The maximum Gasteiger partial charge on any atom is 0.230 e. The highest BCUT2D eigenvalue weighted by Gasteiger charge is 2.18. The summed E-state index contributed by atoms with van der Waals surface area (Å²) in [7, 11) is 0. The average Bonchev–Trinajstić information content (AvgIpc) is 3.42. The van der Waals surface area contributed by atoms with Gasteiger partial charge in [0.1, 0.15) is 5.82 Å². The fraction of sp³-hybridized carbons (Fsp3) is 0.174. The summed E-state index contributed by atoms with van der Waals surface area (Å²) in [6.45, 7) is 3.64. The number of carbonyl (C=O) groups is 1. The molecule has 2 aromatic carbocycles. The number of aromatic nitrogens is 3. The van der Waals surface area contributed by atoms with Crippen molar-refractivity contribution in [1.82, 2.24) is 14.5 Å². The minimum absolute atomic E-state index is 0.0838. The minimum atomic E-state index is -0.289. The van der Waals surface area contributed by atoms with E-state index in [4.69, 9.17) is 0 Å². The summed E-state index contributed by atoms with van der Waals surface area (Å²) in [6, 6.07) is 14.4. The fourth-order valence-corrected chi connectivity index (χ4v) is 4.99. The Balaban J connectivity index is 1.50. The predicted octanol–water partition coefficient (Wildman–Crippen LogP) is 6.01. The Morgan fingerprint density at radius 2 is 2.03 bits per heavy atom. The molecule has 0 bridgehead atoms. The molecule has 0 spiro atoms. The predicted molar refractivity (Wildman–Crippen MR) is 124 cm³/mol. The summed E-state index contributed by atoms with van der Waals surface area (Å²) in [5, 5.41) is 3.34. The molecule has 0 radical (unpaired) electrons. The number of amides is 1. The molecule has 0 aliphatic carbocycles. The van der Waals surface area contributed by atoms with Crippen molar-refractivity contribution in [2.75, 3.05) is 4.90 Å². The van der Waals surface area contributed by atoms with Gasteiger partial charge in [0.15, 0.2) is 10.3 Å². The van der Waals surface area contributed by atoms with Crippen molar-refractivity contribution in [3.05, 3.63) is 83.4 Å². The number of thiazole rings is 1. The van der Waals surface area contributed by atoms with Crippen molar-refractivity contribution in [2.24, 2.45) is 0 Å². The molecule has 1 amide bonds. The molecule has 4 aromatic rings. The first-order chi connectivity index (χ1) is 15.0. The number of hydrogen-bond donors (Lipinski definition) is 0. The molecule has 0 saturated carbocycles. The van der Waals surface area contributed by atoms with Gasteiger partial charge in [0, 0.05) is 30.5 Å². The molecular formula is C23H21FN4OS2. The van der Waals surface area contributed by atoms with Crippen LogP contribution in [-0.2, 0) is 17.0 Å². The van der Waals surface area contributed by atoms with Gasteiger partial charge in [-0.05, 0) is 42.3 Å². The second-order valence-electron chi connectivity index (χ2n) is 6.84. The lowest BCUT2D eigenvalue weighted by Crippen LogP contribution is -2.22. The van der Waals surface area contributed by atoms with E-state index in [1.807, 2.05) is 40.3 Å². The maximum atomic E-state index is 13.6. The monoisotopic (exact) mass is 452 g/mol. The lowest BCUT2D eigenvalue weighted by molar-refractivity contribution is -0.115. The largest absolute Gasteiger partial charge is 0.295 e. The summed E-state index contributed by atoms with van der Waals surface area (Å²) in [4.78, 5) is 23.0. The quantitative estimate of drug-likeness (QED) is 0.322. The molecule has 0 N–H and O–H groups in total. The molecule has 0 saturated heterocycles. The van der Waals surface area contributed by atoms with Crippen LogP contribution < -0.4 is 4.90 Å². The molecule has 4 rings (SSSR count). The Hall–Kier alpha value is -2.97. The van der Waals surface area contributed by atoms with E-state index in [1.165, 1.54) is 40.8 Å². The number of anilines is 2. The number of carbonyl (C=O) groups excluding carboxylic acids is 1. The molecule has 158 valence electrons. The molecule has 5 nitrogen and oxygen atoms in total. The average molecular weight is 453 g/mol. The number of rotatable bonds is 7. The fourth-order valence-electron chi connectivity index (χ4n) is 3.13. The van der Waals surface area contributed by atoms with Crippen LogP contribution in [0.3, 0.4) is 0 Å². The Kier molecular flexibility index (Phi) is 6.48. The van der Waals surface area contributed by atoms with E-state index in [1.54, 1.807) is 30.3 Å². The van der Waals surface area contributed by atoms with E-state index in [2.05, 4.69) is 16.9 Å². The van der Waals surface area contributed by atoms with Crippen LogP contribution in [0.1, 0.15) is 25.1 Å². The van der Waals surface area contributed by atoms with Crippen molar-refractivity contribution in [3.63, 3.8) is 0 Å². The summed E-state index contributed by atoms with van der Waals surface area (Å²) < 4.78 is 15.4. The molecule has 0 atom stereocenters. The third-order valence-electron chi connectivity index (χ3n) is 4.69. The van der Waals surface area contributed by atoms with E-state index in [9.17, 15) is 9.18 Å². The van der Waals surface area contributed by atoms with Crippen molar-refractivity contribution < 1.29 is 9.18 Å². The number of benzene rings is 2. The lowest BCUT2D eigenvalue weighted by atomic mass is 10.1. The van der Waals surface area contributed by atoms with Gasteiger partial charge in [-0.25, -0.2) is 14.4 Å². The molecule has 8 heteroatoms. The van der Waals surface area contributed by atoms with Gasteiger partial charge in [-0.1, -0.05) is 36.9 Å². The zero-order valence-corrected chi connectivity index (χ0v) is 18.8. The van der Waals surface area contributed by atoms with Gasteiger partial charge in [0.05, 0.1) is 17.1 Å². The van der Waals surface area contributed by atoms with Crippen LogP contribution in [0, 0.1) is 5.82 Å². The summed E-state index contributed by atoms with van der Waals surface area (Å²) in [5.74, 6) is 0.214. The topological polar surface area (TPSA) is 51.0 Å². The van der Waals surface area contributed by atoms with Gasteiger partial charge in [0.25, 0.3) is 0 Å². The second kappa shape index (κ2) is 9.45. The molecule has 0 fully saturated rings. The Labute approximate surface area is 188 Å². The number of nitrogens with zero attached hydrogens (tertiary/aromatic N) is 4. The molecule has 31 heavy (non-hydrogen) atoms. The number of aryl methyl sites for hydroxylation is 1. The summed E-state index contributed by atoms with van der Waals surface area (Å²) in [6.07, 6.45) is 4.45. The SMILES string of the molecule is CCc1ccc(N(C(C)=O)c2nc(CSc3nccn3-c3cccc(F)c3)cs2)cc1. The second-order valence-corrected chi connectivity index (χ2v) is 8.62. The number of halogens is 1. The normalized spacial score (nSPS) is 10.9. The van der Waals surface area contributed by atoms with E-state index in [-0.39, 0.29) is 11.7 Å². The van der Waals surface area contributed by atoms with Crippen molar-refractivity contribution in [1.29, 1.82) is 0 Å². The van der Waals surface area contributed by atoms with E-state index in [0.29, 0.717) is 10.9 Å². The van der Waals surface area contributed by atoms with Gasteiger partial charge in [0.2, 0.25) is 5.91 Å². The highest BCUT2D eigenvalue weighted by molar-refractivity contribution is 7.98. The van der Waals surface area contributed by atoms with Crippen LogP contribution >= 0.6 is 23.1 Å². The molecule has 0 unspecified atom stereocenters. The number of thioether (sulfide) groups is 1. The Bertz CT molecular complexity index is 1190. The van der Waals surface area contributed by atoms with Crippen LogP contribution in [-0.4, -0.2) is 20.4 Å². The summed E-state index contributed by atoms with van der Waals surface area (Å²) in [5.41, 5.74) is 3.60. The smallest absolute Gasteiger partial charge is 0.230 e. The van der Waals surface area contributed by atoms with Crippen LogP contribution in [0.4, 0.5) is 15.2 Å². The molecule has 0 aliphatic heterocycles. The van der Waals surface area contributed by atoms with Crippen LogP contribution in [0.5, 0.6) is 0 Å². The molecule has 2 heterocycles. The highest BCUT2D eigenvalue weighted by Crippen LogP contribution is 2.31.